The minimum absolute atomic E-state index is 0.111. The molecule has 2 fully saturated rings. The van der Waals surface area contributed by atoms with Crippen molar-refractivity contribution in [3.63, 3.8) is 0 Å². The number of fused-ring (bicyclic) bond motifs is 3. The Morgan fingerprint density at radius 3 is 2.37 bits per heavy atom. The van der Waals surface area contributed by atoms with Gasteiger partial charge in [0.1, 0.15) is 11.3 Å². The van der Waals surface area contributed by atoms with Crippen LogP contribution in [0.3, 0.4) is 0 Å². The molecule has 190 valence electrons. The number of pyridine rings is 1. The van der Waals surface area contributed by atoms with E-state index < -0.39 is 6.10 Å². The fraction of sp³-hybridized carbons (Fsp3) is 0.323. The molecule has 7 nitrogen and oxygen atoms in total. The fourth-order valence-electron chi connectivity index (χ4n) is 5.78. The Hall–Kier alpha value is -3.97. The van der Waals surface area contributed by atoms with E-state index in [1.54, 1.807) is 17.1 Å². The van der Waals surface area contributed by atoms with E-state index in [0.717, 1.165) is 58.2 Å². The van der Waals surface area contributed by atoms with Gasteiger partial charge in [-0.25, -0.2) is 15.0 Å². The van der Waals surface area contributed by atoms with E-state index in [9.17, 15) is 9.90 Å². The number of aliphatic hydroxyl groups is 1. The highest BCUT2D eigenvalue weighted by atomic mass is 16.3. The van der Waals surface area contributed by atoms with Gasteiger partial charge in [-0.1, -0.05) is 43.2 Å². The normalized spacial score (nSPS) is 19.7. The van der Waals surface area contributed by atoms with E-state index in [1.807, 2.05) is 30.6 Å². The first-order valence-corrected chi connectivity index (χ1v) is 13.5. The van der Waals surface area contributed by atoms with Gasteiger partial charge in [0, 0.05) is 35.5 Å². The van der Waals surface area contributed by atoms with E-state index in [4.69, 9.17) is 0 Å². The number of rotatable bonds is 5. The highest BCUT2D eigenvalue weighted by molar-refractivity contribution is 6.04. The molecule has 0 saturated heterocycles. The zero-order valence-corrected chi connectivity index (χ0v) is 21.1. The summed E-state index contributed by atoms with van der Waals surface area (Å²) in [7, 11) is 0. The van der Waals surface area contributed by atoms with Crippen molar-refractivity contribution in [1.29, 1.82) is 0 Å². The molecule has 2 atom stereocenters. The van der Waals surface area contributed by atoms with E-state index in [1.165, 1.54) is 12.8 Å². The second-order valence-corrected chi connectivity index (χ2v) is 10.7. The van der Waals surface area contributed by atoms with Crippen molar-refractivity contribution in [2.45, 2.75) is 63.0 Å². The number of aromatic nitrogens is 5. The summed E-state index contributed by atoms with van der Waals surface area (Å²) in [5.74, 6) is 1.50. The summed E-state index contributed by atoms with van der Waals surface area (Å²) in [6, 6.07) is 14.2. The summed E-state index contributed by atoms with van der Waals surface area (Å²) in [6.45, 7) is 0. The average Bonchev–Trinajstić information content (AvgIpc) is 3.81. The molecule has 0 amide bonds. The molecule has 0 radical (unpaired) electrons. The molecular weight excluding hydrogens is 474 g/mol. The second-order valence-electron chi connectivity index (χ2n) is 10.7. The summed E-state index contributed by atoms with van der Waals surface area (Å²) >= 11 is 0. The number of hydrogen-bond acceptors (Lipinski definition) is 6. The van der Waals surface area contributed by atoms with E-state index in [0.29, 0.717) is 29.7 Å². The molecule has 7 heteroatoms. The molecule has 2 aliphatic carbocycles. The third kappa shape index (κ3) is 4.17. The van der Waals surface area contributed by atoms with Gasteiger partial charge in [-0.15, -0.1) is 0 Å². The molecule has 7 rings (SSSR count). The molecule has 3 aromatic heterocycles. The van der Waals surface area contributed by atoms with Crippen LogP contribution in [0.4, 0.5) is 0 Å². The van der Waals surface area contributed by atoms with E-state index >= 15 is 0 Å². The molecule has 0 bridgehead atoms. The highest BCUT2D eigenvalue weighted by Gasteiger charge is 2.27. The Kier molecular flexibility index (Phi) is 5.73. The summed E-state index contributed by atoms with van der Waals surface area (Å²) in [5, 5.41) is 12.1. The van der Waals surface area contributed by atoms with Crippen LogP contribution in [-0.2, 0) is 6.42 Å². The zero-order valence-electron chi connectivity index (χ0n) is 21.1. The number of nitrogens with zero attached hydrogens (tertiary/aromatic N) is 5. The highest BCUT2D eigenvalue weighted by Crippen LogP contribution is 2.38. The van der Waals surface area contributed by atoms with Gasteiger partial charge in [0.25, 0.3) is 5.56 Å². The number of hydrogen-bond donors (Lipinski definition) is 1. The SMILES string of the molecule is O=c1c2cc(Cc3ccc(-c4cnc(C5CC5)nc4)cc3)c3cccnc3c2ncn1[C@H]1CCCC[C@@H]1O. The predicted molar refractivity (Wildman–Crippen MR) is 147 cm³/mol. The Balaban J connectivity index is 1.25. The van der Waals surface area contributed by atoms with Gasteiger partial charge in [0.2, 0.25) is 0 Å². The minimum atomic E-state index is -0.521. The third-order valence-corrected chi connectivity index (χ3v) is 8.08. The van der Waals surface area contributed by atoms with Gasteiger partial charge in [-0.05, 0) is 60.9 Å². The maximum atomic E-state index is 13.7. The first-order chi connectivity index (χ1) is 18.7. The molecule has 1 N–H and O–H groups in total. The Morgan fingerprint density at radius 2 is 1.61 bits per heavy atom. The van der Waals surface area contributed by atoms with Crippen molar-refractivity contribution in [2.75, 3.05) is 0 Å². The molecular formula is C31H29N5O2. The molecule has 0 aliphatic heterocycles. The lowest BCUT2D eigenvalue weighted by Gasteiger charge is -2.29. The van der Waals surface area contributed by atoms with Gasteiger partial charge >= 0.3 is 0 Å². The lowest BCUT2D eigenvalue weighted by atomic mass is 9.92. The van der Waals surface area contributed by atoms with Crippen LogP contribution >= 0.6 is 0 Å². The quantitative estimate of drug-likeness (QED) is 0.325. The lowest BCUT2D eigenvalue weighted by molar-refractivity contribution is 0.0735. The topological polar surface area (TPSA) is 93.8 Å². The van der Waals surface area contributed by atoms with Crippen LogP contribution in [-0.4, -0.2) is 35.7 Å². The van der Waals surface area contributed by atoms with Crippen molar-refractivity contribution in [2.24, 2.45) is 0 Å². The third-order valence-electron chi connectivity index (χ3n) is 8.08. The first-order valence-electron chi connectivity index (χ1n) is 13.5. The summed E-state index contributed by atoms with van der Waals surface area (Å²) in [4.78, 5) is 32.1. The van der Waals surface area contributed by atoms with Crippen LogP contribution in [0.1, 0.15) is 67.4 Å². The summed E-state index contributed by atoms with van der Waals surface area (Å²) in [6.07, 6.45) is 13.2. The molecule has 2 saturated carbocycles. The van der Waals surface area contributed by atoms with Gasteiger partial charge in [-0.2, -0.15) is 0 Å². The van der Waals surface area contributed by atoms with Crippen molar-refractivity contribution in [3.8, 4) is 11.1 Å². The average molecular weight is 504 g/mol. The monoisotopic (exact) mass is 503 g/mol. The standard InChI is InChI=1S/C31H29N5O2/c37-27-6-2-1-5-26(27)36-18-35-29-25(31(36)38)15-22(24-4-3-13-32-28(24)29)14-19-7-9-20(10-8-19)23-16-33-30(34-17-23)21-11-12-21/h3-4,7-10,13,15-18,21,26-27,37H,1-2,5-6,11-12,14H2/t26-,27-/m0/s1. The van der Waals surface area contributed by atoms with Crippen LogP contribution in [0.5, 0.6) is 0 Å². The fourth-order valence-corrected chi connectivity index (χ4v) is 5.78. The van der Waals surface area contributed by atoms with Gasteiger partial charge < -0.3 is 5.11 Å². The molecule has 0 spiro atoms. The molecule has 5 aromatic rings. The van der Waals surface area contributed by atoms with Gasteiger partial charge in [0.15, 0.2) is 0 Å². The number of benzene rings is 2. The van der Waals surface area contributed by atoms with Crippen molar-refractivity contribution >= 4 is 21.8 Å². The van der Waals surface area contributed by atoms with E-state index in [2.05, 4.69) is 44.2 Å². The largest absolute Gasteiger partial charge is 0.391 e. The van der Waals surface area contributed by atoms with Gasteiger partial charge in [0.05, 0.1) is 29.4 Å². The van der Waals surface area contributed by atoms with Crippen molar-refractivity contribution in [1.82, 2.24) is 24.5 Å². The molecule has 3 heterocycles. The predicted octanol–water partition coefficient (Wildman–Crippen LogP) is 5.35. The Labute approximate surface area is 220 Å². The second kappa shape index (κ2) is 9.40. The maximum absolute atomic E-state index is 13.7. The summed E-state index contributed by atoms with van der Waals surface area (Å²) in [5.41, 5.74) is 5.50. The Morgan fingerprint density at radius 1 is 0.842 bits per heavy atom. The van der Waals surface area contributed by atoms with Crippen LogP contribution in [0, 0.1) is 0 Å². The molecule has 0 unspecified atom stereocenters. The summed E-state index contributed by atoms with van der Waals surface area (Å²) < 4.78 is 1.63. The lowest BCUT2D eigenvalue weighted by Crippen LogP contribution is -2.34. The van der Waals surface area contributed by atoms with Crippen LogP contribution in [0.25, 0.3) is 32.9 Å². The molecule has 2 aromatic carbocycles. The van der Waals surface area contributed by atoms with Crippen molar-refractivity contribution < 1.29 is 5.11 Å². The van der Waals surface area contributed by atoms with Crippen LogP contribution in [0.15, 0.2) is 72.2 Å². The minimum Gasteiger partial charge on any atom is -0.391 e. The Bertz CT molecular complexity index is 1690. The molecule has 38 heavy (non-hydrogen) atoms. The van der Waals surface area contributed by atoms with E-state index in [-0.39, 0.29) is 11.6 Å². The molecule has 2 aliphatic rings. The smallest absolute Gasteiger partial charge is 0.261 e. The van der Waals surface area contributed by atoms with Crippen LogP contribution < -0.4 is 5.56 Å². The first kappa shape index (κ1) is 23.2. The van der Waals surface area contributed by atoms with Crippen molar-refractivity contribution in [3.05, 3.63) is 94.7 Å². The maximum Gasteiger partial charge on any atom is 0.261 e. The zero-order chi connectivity index (χ0) is 25.6. The number of aliphatic hydroxyl groups excluding tert-OH is 1. The van der Waals surface area contributed by atoms with Crippen LogP contribution in [0.2, 0.25) is 0 Å². The van der Waals surface area contributed by atoms with Gasteiger partial charge in [-0.3, -0.25) is 14.3 Å².